The molecule has 1 aliphatic rings. The van der Waals surface area contributed by atoms with Gasteiger partial charge in [0.25, 0.3) is 0 Å². The SMILES string of the molecule is Cl.N#Cc1ccc(Cn2c(N3CCC(CN)C3)nc3ccccc32)nc1. The zero-order valence-corrected chi connectivity index (χ0v) is 15.2. The number of anilines is 1. The van der Waals surface area contributed by atoms with E-state index in [-0.39, 0.29) is 12.4 Å². The fraction of sp³-hybridized carbons (Fsp3) is 0.316. The maximum absolute atomic E-state index is 8.94. The number of aromatic nitrogens is 3. The molecule has 0 saturated carbocycles. The van der Waals surface area contributed by atoms with E-state index in [2.05, 4.69) is 26.6 Å². The van der Waals surface area contributed by atoms with Gasteiger partial charge in [0.1, 0.15) is 6.07 Å². The lowest BCUT2D eigenvalue weighted by atomic mass is 10.1. The third kappa shape index (κ3) is 3.36. The molecule has 1 saturated heterocycles. The zero-order chi connectivity index (χ0) is 17.2. The molecular formula is C19H21ClN6. The average molecular weight is 369 g/mol. The lowest BCUT2D eigenvalue weighted by molar-refractivity contribution is 0.600. The Hall–Kier alpha value is -2.62. The summed E-state index contributed by atoms with van der Waals surface area (Å²) >= 11 is 0. The van der Waals surface area contributed by atoms with Gasteiger partial charge in [-0.05, 0) is 43.1 Å². The van der Waals surface area contributed by atoms with Crippen molar-refractivity contribution in [3.05, 3.63) is 53.9 Å². The summed E-state index contributed by atoms with van der Waals surface area (Å²) in [6.45, 7) is 3.27. The first-order chi connectivity index (χ1) is 12.3. The minimum absolute atomic E-state index is 0. The number of halogens is 1. The number of nitriles is 1. The summed E-state index contributed by atoms with van der Waals surface area (Å²) in [5.74, 6) is 1.50. The van der Waals surface area contributed by atoms with Crippen LogP contribution in [0, 0.1) is 17.2 Å². The van der Waals surface area contributed by atoms with Gasteiger partial charge in [0.05, 0.1) is 28.8 Å². The van der Waals surface area contributed by atoms with Gasteiger partial charge >= 0.3 is 0 Å². The monoisotopic (exact) mass is 368 g/mol. The molecule has 0 amide bonds. The summed E-state index contributed by atoms with van der Waals surface area (Å²) in [6.07, 6.45) is 2.73. The third-order valence-corrected chi connectivity index (χ3v) is 4.81. The molecule has 1 aromatic carbocycles. The molecule has 3 heterocycles. The van der Waals surface area contributed by atoms with Gasteiger partial charge in [-0.1, -0.05) is 12.1 Å². The van der Waals surface area contributed by atoms with Crippen LogP contribution in [0.25, 0.3) is 11.0 Å². The summed E-state index contributed by atoms with van der Waals surface area (Å²) in [7, 11) is 0. The summed E-state index contributed by atoms with van der Waals surface area (Å²) < 4.78 is 2.21. The van der Waals surface area contributed by atoms with Crippen LogP contribution in [0.2, 0.25) is 0 Å². The van der Waals surface area contributed by atoms with Crippen molar-refractivity contribution >= 4 is 29.4 Å². The van der Waals surface area contributed by atoms with E-state index in [0.717, 1.165) is 42.2 Å². The molecule has 1 unspecified atom stereocenters. The van der Waals surface area contributed by atoms with Crippen LogP contribution in [0.1, 0.15) is 17.7 Å². The van der Waals surface area contributed by atoms with Crippen molar-refractivity contribution in [2.24, 2.45) is 11.7 Å². The number of hydrogen-bond donors (Lipinski definition) is 1. The fourth-order valence-corrected chi connectivity index (χ4v) is 3.41. The molecule has 26 heavy (non-hydrogen) atoms. The fourth-order valence-electron chi connectivity index (χ4n) is 3.41. The maximum Gasteiger partial charge on any atom is 0.206 e. The van der Waals surface area contributed by atoms with Gasteiger partial charge in [-0.15, -0.1) is 12.4 Å². The normalized spacial score (nSPS) is 16.5. The molecule has 4 rings (SSSR count). The van der Waals surface area contributed by atoms with Crippen molar-refractivity contribution in [3.63, 3.8) is 0 Å². The van der Waals surface area contributed by atoms with E-state index in [9.17, 15) is 0 Å². The minimum Gasteiger partial charge on any atom is -0.342 e. The highest BCUT2D eigenvalue weighted by atomic mass is 35.5. The van der Waals surface area contributed by atoms with Crippen molar-refractivity contribution in [1.29, 1.82) is 5.26 Å². The molecular weight excluding hydrogens is 348 g/mol. The molecule has 7 heteroatoms. The van der Waals surface area contributed by atoms with Crippen LogP contribution in [-0.4, -0.2) is 34.2 Å². The summed E-state index contributed by atoms with van der Waals surface area (Å²) in [5.41, 5.74) is 9.42. The molecule has 1 fully saturated rings. The molecule has 0 radical (unpaired) electrons. The Labute approximate surface area is 158 Å². The van der Waals surface area contributed by atoms with Crippen molar-refractivity contribution in [2.75, 3.05) is 24.5 Å². The Morgan fingerprint density at radius 2 is 2.08 bits per heavy atom. The molecule has 1 aliphatic heterocycles. The van der Waals surface area contributed by atoms with E-state index >= 15 is 0 Å². The van der Waals surface area contributed by atoms with Crippen molar-refractivity contribution < 1.29 is 0 Å². The molecule has 2 N–H and O–H groups in total. The molecule has 134 valence electrons. The topological polar surface area (TPSA) is 83.8 Å². The number of fused-ring (bicyclic) bond motifs is 1. The Morgan fingerprint density at radius 3 is 2.77 bits per heavy atom. The first-order valence-electron chi connectivity index (χ1n) is 8.54. The van der Waals surface area contributed by atoms with E-state index < -0.39 is 0 Å². The minimum atomic E-state index is 0. The number of para-hydroxylation sites is 2. The smallest absolute Gasteiger partial charge is 0.206 e. The number of imidazole rings is 1. The van der Waals surface area contributed by atoms with Gasteiger partial charge in [0, 0.05) is 19.3 Å². The van der Waals surface area contributed by atoms with Gasteiger partial charge in [0.15, 0.2) is 0 Å². The van der Waals surface area contributed by atoms with Crippen molar-refractivity contribution in [2.45, 2.75) is 13.0 Å². The predicted molar refractivity (Wildman–Crippen MR) is 104 cm³/mol. The molecule has 0 aliphatic carbocycles. The zero-order valence-electron chi connectivity index (χ0n) is 14.4. The first-order valence-corrected chi connectivity index (χ1v) is 8.54. The van der Waals surface area contributed by atoms with Gasteiger partial charge < -0.3 is 15.2 Å². The quantitative estimate of drug-likeness (QED) is 0.765. The van der Waals surface area contributed by atoms with Gasteiger partial charge in [-0.25, -0.2) is 4.98 Å². The van der Waals surface area contributed by atoms with Crippen molar-refractivity contribution in [3.8, 4) is 6.07 Å². The van der Waals surface area contributed by atoms with E-state index in [1.54, 1.807) is 12.3 Å². The van der Waals surface area contributed by atoms with Crippen molar-refractivity contribution in [1.82, 2.24) is 14.5 Å². The number of pyridine rings is 1. The number of hydrogen-bond acceptors (Lipinski definition) is 5. The van der Waals surface area contributed by atoms with E-state index in [1.165, 1.54) is 0 Å². The lowest BCUT2D eigenvalue weighted by Gasteiger charge is -2.19. The Balaban J connectivity index is 0.00000196. The summed E-state index contributed by atoms with van der Waals surface area (Å²) in [5, 5.41) is 8.94. The van der Waals surface area contributed by atoms with Crippen LogP contribution >= 0.6 is 12.4 Å². The second-order valence-corrected chi connectivity index (χ2v) is 6.47. The Morgan fingerprint density at radius 1 is 1.23 bits per heavy atom. The molecule has 0 spiro atoms. The second kappa shape index (κ2) is 7.73. The van der Waals surface area contributed by atoms with E-state index in [4.69, 9.17) is 16.0 Å². The lowest BCUT2D eigenvalue weighted by Crippen LogP contribution is -2.25. The van der Waals surface area contributed by atoms with Gasteiger partial charge in [-0.3, -0.25) is 4.98 Å². The van der Waals surface area contributed by atoms with Crippen LogP contribution < -0.4 is 10.6 Å². The molecule has 2 aromatic heterocycles. The Kier molecular flexibility index (Phi) is 5.40. The van der Waals surface area contributed by atoms with Crippen LogP contribution in [0.3, 0.4) is 0 Å². The number of nitrogens with two attached hydrogens (primary N) is 1. The van der Waals surface area contributed by atoms with Crippen LogP contribution in [0.15, 0.2) is 42.6 Å². The summed E-state index contributed by atoms with van der Waals surface area (Å²) in [6, 6.07) is 14.0. The molecule has 0 bridgehead atoms. The predicted octanol–water partition coefficient (Wildman–Crippen LogP) is 2.56. The van der Waals surface area contributed by atoms with E-state index in [0.29, 0.717) is 24.6 Å². The standard InChI is InChI=1S/C19H20N6.ClH/c20-9-14-5-6-16(22-11-14)13-25-18-4-2-1-3-17(18)23-19(25)24-8-7-15(10-21)12-24;/h1-6,11,15H,7-8,10,12-13,21H2;1H. The molecule has 1 atom stereocenters. The second-order valence-electron chi connectivity index (χ2n) is 6.47. The number of benzene rings is 1. The Bertz CT molecular complexity index is 927. The van der Waals surface area contributed by atoms with Crippen LogP contribution in [-0.2, 0) is 6.54 Å². The van der Waals surface area contributed by atoms with Gasteiger partial charge in [0.2, 0.25) is 5.95 Å². The highest BCUT2D eigenvalue weighted by molar-refractivity contribution is 5.85. The summed E-state index contributed by atoms with van der Waals surface area (Å²) in [4.78, 5) is 11.6. The van der Waals surface area contributed by atoms with E-state index in [1.807, 2.05) is 24.3 Å². The largest absolute Gasteiger partial charge is 0.342 e. The third-order valence-electron chi connectivity index (χ3n) is 4.81. The van der Waals surface area contributed by atoms with Crippen LogP contribution in [0.5, 0.6) is 0 Å². The first kappa shape index (κ1) is 18.2. The maximum atomic E-state index is 8.94. The highest BCUT2D eigenvalue weighted by Crippen LogP contribution is 2.27. The molecule has 6 nitrogen and oxygen atoms in total. The molecule has 3 aromatic rings. The number of nitrogens with zero attached hydrogens (tertiary/aromatic N) is 5. The number of rotatable bonds is 4. The van der Waals surface area contributed by atoms with Crippen LogP contribution in [0.4, 0.5) is 5.95 Å². The van der Waals surface area contributed by atoms with Gasteiger partial charge in [-0.2, -0.15) is 5.26 Å². The average Bonchev–Trinajstić information content (AvgIpc) is 3.27. The highest BCUT2D eigenvalue weighted by Gasteiger charge is 2.26.